The van der Waals surface area contributed by atoms with E-state index in [9.17, 15) is 13.2 Å². The predicted octanol–water partition coefficient (Wildman–Crippen LogP) is 1.14. The Morgan fingerprint density at radius 3 is 2.42 bits per heavy atom. The Balaban J connectivity index is 2.85. The van der Waals surface area contributed by atoms with E-state index >= 15 is 0 Å². The van der Waals surface area contributed by atoms with Crippen molar-refractivity contribution >= 4 is 24.0 Å². The Morgan fingerprint density at radius 1 is 1.50 bits per heavy atom. The first-order valence-corrected chi connectivity index (χ1v) is 3.88. The Hall–Kier alpha value is -0.485. The van der Waals surface area contributed by atoms with Crippen LogP contribution in [0.2, 0.25) is 0 Å². The summed E-state index contributed by atoms with van der Waals surface area (Å²) < 4.78 is 35.8. The van der Waals surface area contributed by atoms with Crippen LogP contribution in [0.15, 0.2) is 11.4 Å². The molecule has 1 nitrogen and oxygen atoms in total. The molecule has 1 aromatic rings. The van der Waals surface area contributed by atoms with E-state index in [-0.39, 0.29) is 10.3 Å². The van der Waals surface area contributed by atoms with Crippen molar-refractivity contribution in [1.82, 2.24) is 0 Å². The Labute approximate surface area is 72.2 Å². The van der Waals surface area contributed by atoms with Gasteiger partial charge in [0, 0.05) is 0 Å². The van der Waals surface area contributed by atoms with Crippen LogP contribution in [0, 0.1) is 0 Å². The van der Waals surface area contributed by atoms with E-state index < -0.39 is 12.3 Å². The van der Waals surface area contributed by atoms with E-state index in [1.54, 1.807) is 0 Å². The largest absolute Gasteiger partial charge is 0.418 e. The van der Waals surface area contributed by atoms with E-state index in [1.807, 2.05) is 0 Å². The summed E-state index contributed by atoms with van der Waals surface area (Å²) in [5, 5.41) is 9.88. The number of hydrogen-bond donors (Lipinski definition) is 1. The van der Waals surface area contributed by atoms with Gasteiger partial charge in [-0.2, -0.15) is 24.5 Å². The van der Waals surface area contributed by atoms with Crippen molar-refractivity contribution in [2.75, 3.05) is 0 Å². The Morgan fingerprint density at radius 2 is 2.08 bits per heavy atom. The summed E-state index contributed by atoms with van der Waals surface area (Å²) in [5.74, 6) is 0. The highest BCUT2D eigenvalue weighted by Crippen LogP contribution is 2.32. The standard InChI is InChI=1S/C6H4BF3OS/c7-4-1-3(2-12-4)5(11)6(8,9)10/h1-2,5,11H. The second kappa shape index (κ2) is 3.10. The fraction of sp³-hybridized carbons (Fsp3) is 0.333. The molecule has 1 heterocycles. The zero-order valence-electron chi connectivity index (χ0n) is 5.80. The second-order valence-corrected chi connectivity index (χ2v) is 3.17. The third kappa shape index (κ3) is 2.01. The van der Waals surface area contributed by atoms with Crippen LogP contribution in [0.1, 0.15) is 11.7 Å². The highest BCUT2D eigenvalue weighted by atomic mass is 32.1. The molecule has 0 aliphatic carbocycles. The van der Waals surface area contributed by atoms with Gasteiger partial charge in [0.25, 0.3) is 0 Å². The first-order chi connectivity index (χ1) is 5.41. The first kappa shape index (κ1) is 9.60. The molecule has 64 valence electrons. The van der Waals surface area contributed by atoms with Crippen molar-refractivity contribution in [3.05, 3.63) is 17.0 Å². The highest BCUT2D eigenvalue weighted by Gasteiger charge is 2.39. The van der Waals surface area contributed by atoms with Crippen molar-refractivity contribution in [2.45, 2.75) is 12.3 Å². The van der Waals surface area contributed by atoms with E-state index in [0.29, 0.717) is 0 Å². The summed E-state index contributed by atoms with van der Waals surface area (Å²) >= 11 is 0.967. The van der Waals surface area contributed by atoms with Gasteiger partial charge in [0.05, 0.1) is 0 Å². The molecule has 0 saturated heterocycles. The van der Waals surface area contributed by atoms with E-state index in [0.717, 1.165) is 17.4 Å². The molecule has 0 fully saturated rings. The van der Waals surface area contributed by atoms with Crippen molar-refractivity contribution in [2.24, 2.45) is 0 Å². The van der Waals surface area contributed by atoms with E-state index in [2.05, 4.69) is 0 Å². The Bertz CT molecular complexity index is 270. The molecular formula is C6H4BF3OS. The van der Waals surface area contributed by atoms with Crippen molar-refractivity contribution in [1.29, 1.82) is 0 Å². The number of halogens is 3. The molecule has 12 heavy (non-hydrogen) atoms. The quantitative estimate of drug-likeness (QED) is 0.661. The summed E-state index contributed by atoms with van der Waals surface area (Å²) in [6, 6.07) is 1.11. The van der Waals surface area contributed by atoms with Crippen LogP contribution in [0.5, 0.6) is 0 Å². The maximum Gasteiger partial charge on any atom is 0.418 e. The summed E-state index contributed by atoms with van der Waals surface area (Å²) in [4.78, 5) is 0. The van der Waals surface area contributed by atoms with Gasteiger partial charge < -0.3 is 5.11 Å². The SMILES string of the molecule is [B]c1cc(C(O)C(F)(F)F)cs1. The molecule has 0 aromatic carbocycles. The van der Waals surface area contributed by atoms with Gasteiger partial charge in [-0.05, 0) is 15.7 Å². The summed E-state index contributed by atoms with van der Waals surface area (Å²) in [5.41, 5.74) is -0.204. The van der Waals surface area contributed by atoms with Gasteiger partial charge in [0.2, 0.25) is 0 Å². The maximum atomic E-state index is 11.9. The molecule has 0 bridgehead atoms. The molecule has 1 atom stereocenters. The van der Waals surface area contributed by atoms with Gasteiger partial charge in [-0.15, -0.1) is 0 Å². The molecule has 1 rings (SSSR count). The van der Waals surface area contributed by atoms with Gasteiger partial charge >= 0.3 is 6.18 Å². The minimum absolute atomic E-state index is 0.204. The fourth-order valence-electron chi connectivity index (χ4n) is 0.701. The van der Waals surface area contributed by atoms with Crippen LogP contribution in [0.4, 0.5) is 13.2 Å². The van der Waals surface area contributed by atoms with Gasteiger partial charge in [-0.3, -0.25) is 0 Å². The second-order valence-electron chi connectivity index (χ2n) is 2.23. The average Bonchev–Trinajstić information content (AvgIpc) is 2.32. The van der Waals surface area contributed by atoms with Crippen LogP contribution >= 0.6 is 11.3 Å². The molecule has 1 N–H and O–H groups in total. The summed E-state index contributed by atoms with van der Waals surface area (Å²) in [6.07, 6.45) is -7.04. The molecule has 0 aliphatic rings. The van der Waals surface area contributed by atoms with Gasteiger partial charge in [0.15, 0.2) is 6.10 Å². The number of aliphatic hydroxyl groups excluding tert-OH is 1. The molecule has 0 amide bonds. The van der Waals surface area contributed by atoms with Crippen LogP contribution in [0.3, 0.4) is 0 Å². The van der Waals surface area contributed by atoms with Crippen LogP contribution in [0.25, 0.3) is 0 Å². The topological polar surface area (TPSA) is 20.2 Å². The lowest BCUT2D eigenvalue weighted by atomic mass is 10.1. The summed E-state index contributed by atoms with van der Waals surface area (Å²) in [7, 11) is 5.20. The minimum Gasteiger partial charge on any atom is -0.379 e. The average molecular weight is 192 g/mol. The molecule has 0 spiro atoms. The number of thiophene rings is 1. The fourth-order valence-corrected chi connectivity index (χ4v) is 1.37. The third-order valence-electron chi connectivity index (χ3n) is 1.27. The van der Waals surface area contributed by atoms with Crippen molar-refractivity contribution in [3.63, 3.8) is 0 Å². The molecule has 0 aliphatic heterocycles. The lowest BCUT2D eigenvalue weighted by Crippen LogP contribution is -2.19. The van der Waals surface area contributed by atoms with Crippen LogP contribution in [-0.4, -0.2) is 19.1 Å². The summed E-state index contributed by atoms with van der Waals surface area (Å²) in [6.45, 7) is 0. The number of alkyl halides is 3. The van der Waals surface area contributed by atoms with Crippen molar-refractivity contribution < 1.29 is 18.3 Å². The maximum absolute atomic E-state index is 11.9. The third-order valence-corrected chi connectivity index (χ3v) is 2.05. The minimum atomic E-state index is -4.62. The number of aliphatic hydroxyl groups is 1. The number of rotatable bonds is 1. The van der Waals surface area contributed by atoms with E-state index in [4.69, 9.17) is 13.0 Å². The zero-order chi connectivity index (χ0) is 9.35. The van der Waals surface area contributed by atoms with Crippen LogP contribution in [-0.2, 0) is 0 Å². The van der Waals surface area contributed by atoms with Gasteiger partial charge in [0.1, 0.15) is 7.85 Å². The molecule has 0 saturated carbocycles. The predicted molar refractivity (Wildman–Crippen MR) is 40.7 cm³/mol. The normalized spacial score (nSPS) is 14.7. The number of hydrogen-bond acceptors (Lipinski definition) is 2. The van der Waals surface area contributed by atoms with Crippen molar-refractivity contribution in [3.8, 4) is 0 Å². The molecule has 6 heteroatoms. The zero-order valence-corrected chi connectivity index (χ0v) is 6.62. The van der Waals surface area contributed by atoms with Gasteiger partial charge in [-0.1, -0.05) is 6.07 Å². The lowest BCUT2D eigenvalue weighted by Gasteiger charge is -2.12. The molecule has 1 aromatic heterocycles. The van der Waals surface area contributed by atoms with Crippen LogP contribution < -0.4 is 4.78 Å². The highest BCUT2D eigenvalue weighted by molar-refractivity contribution is 7.18. The Kier molecular flexibility index (Phi) is 2.48. The molecule has 1 unspecified atom stereocenters. The van der Waals surface area contributed by atoms with E-state index in [1.165, 1.54) is 5.38 Å². The molecular weight excluding hydrogens is 188 g/mol. The first-order valence-electron chi connectivity index (χ1n) is 3.00. The lowest BCUT2D eigenvalue weighted by molar-refractivity contribution is -0.206. The van der Waals surface area contributed by atoms with Gasteiger partial charge in [-0.25, -0.2) is 0 Å². The monoisotopic (exact) mass is 192 g/mol. The molecule has 2 radical (unpaired) electrons. The smallest absolute Gasteiger partial charge is 0.379 e.